The summed E-state index contributed by atoms with van der Waals surface area (Å²) in [6.45, 7) is 9.03. The fourth-order valence-corrected chi connectivity index (χ4v) is 2.89. The lowest BCUT2D eigenvalue weighted by Crippen LogP contribution is -2.39. The van der Waals surface area contributed by atoms with E-state index in [-0.39, 0.29) is 12.0 Å². The lowest BCUT2D eigenvalue weighted by Gasteiger charge is -2.29. The number of aliphatic imine (C=N–C) groups is 1. The maximum Gasteiger partial charge on any atom is 0.191 e. The quantitative estimate of drug-likeness (QED) is 0.281. The number of aliphatic hydroxyl groups excluding tert-OH is 1. The molecule has 4 N–H and O–H groups in total. The first-order valence-corrected chi connectivity index (χ1v) is 9.50. The van der Waals surface area contributed by atoms with Crippen LogP contribution in [0.15, 0.2) is 29.3 Å². The molecule has 0 aliphatic heterocycles. The first-order valence-electron chi connectivity index (χ1n) is 9.50. The number of nitrogens with zero attached hydrogens (tertiary/aromatic N) is 1. The number of hydrogen-bond donors (Lipinski definition) is 4. The number of rotatable bonds is 11. The highest BCUT2D eigenvalue weighted by molar-refractivity contribution is 5.79. The van der Waals surface area contributed by atoms with Gasteiger partial charge in [0.15, 0.2) is 5.96 Å². The second-order valence-corrected chi connectivity index (χ2v) is 6.57. The van der Waals surface area contributed by atoms with Crippen molar-refractivity contribution in [2.75, 3.05) is 26.2 Å². The summed E-state index contributed by atoms with van der Waals surface area (Å²) in [7, 11) is 0. The van der Waals surface area contributed by atoms with Crippen LogP contribution in [0.5, 0.6) is 5.75 Å². The molecule has 1 aromatic carbocycles. The van der Waals surface area contributed by atoms with Crippen LogP contribution in [0.1, 0.15) is 52.0 Å². The predicted molar refractivity (Wildman–Crippen MR) is 105 cm³/mol. The highest BCUT2D eigenvalue weighted by Gasteiger charge is 2.25. The Kier molecular flexibility index (Phi) is 10.0. The number of guanidine groups is 1. The average molecular weight is 350 g/mol. The van der Waals surface area contributed by atoms with Crippen LogP contribution in [0.2, 0.25) is 0 Å². The maximum absolute atomic E-state index is 9.34. The number of phenols is 1. The summed E-state index contributed by atoms with van der Waals surface area (Å²) in [5.74, 6) is 1.15. The zero-order valence-electron chi connectivity index (χ0n) is 16.0. The Bertz CT molecular complexity index is 496. The number of benzene rings is 1. The van der Waals surface area contributed by atoms with Gasteiger partial charge in [0.1, 0.15) is 5.75 Å². The third kappa shape index (κ3) is 7.78. The SMILES string of the molecule is CCNC(=NCC(CC)(CC)CCO)NCCCc1ccc(O)cc1. The van der Waals surface area contributed by atoms with Gasteiger partial charge >= 0.3 is 0 Å². The van der Waals surface area contributed by atoms with Crippen molar-refractivity contribution in [3.63, 3.8) is 0 Å². The summed E-state index contributed by atoms with van der Waals surface area (Å²) >= 11 is 0. The highest BCUT2D eigenvalue weighted by atomic mass is 16.3. The van der Waals surface area contributed by atoms with Gasteiger partial charge in [-0.3, -0.25) is 4.99 Å². The van der Waals surface area contributed by atoms with E-state index in [1.165, 1.54) is 5.56 Å². The fraction of sp³-hybridized carbons (Fsp3) is 0.650. The first kappa shape index (κ1) is 21.3. The minimum absolute atomic E-state index is 0.0865. The molecule has 142 valence electrons. The fourth-order valence-electron chi connectivity index (χ4n) is 2.89. The van der Waals surface area contributed by atoms with Crippen molar-refractivity contribution in [3.05, 3.63) is 29.8 Å². The zero-order valence-corrected chi connectivity index (χ0v) is 16.0. The number of aromatic hydroxyl groups is 1. The molecule has 0 amide bonds. The van der Waals surface area contributed by atoms with E-state index in [1.54, 1.807) is 12.1 Å². The Morgan fingerprint density at radius 2 is 1.76 bits per heavy atom. The maximum atomic E-state index is 9.34. The van der Waals surface area contributed by atoms with Gasteiger partial charge in [-0.15, -0.1) is 0 Å². The lowest BCUT2D eigenvalue weighted by molar-refractivity contribution is 0.175. The molecule has 1 aromatic rings. The van der Waals surface area contributed by atoms with E-state index in [2.05, 4.69) is 31.4 Å². The van der Waals surface area contributed by atoms with Gasteiger partial charge in [0.2, 0.25) is 0 Å². The average Bonchev–Trinajstić information content (AvgIpc) is 2.63. The second-order valence-electron chi connectivity index (χ2n) is 6.57. The van der Waals surface area contributed by atoms with Crippen molar-refractivity contribution in [2.24, 2.45) is 10.4 Å². The van der Waals surface area contributed by atoms with Gasteiger partial charge in [-0.05, 0) is 62.1 Å². The van der Waals surface area contributed by atoms with E-state index in [0.717, 1.165) is 57.7 Å². The van der Waals surface area contributed by atoms with Gasteiger partial charge < -0.3 is 20.8 Å². The van der Waals surface area contributed by atoms with E-state index in [9.17, 15) is 10.2 Å². The van der Waals surface area contributed by atoms with Gasteiger partial charge in [-0.2, -0.15) is 0 Å². The molecule has 0 radical (unpaired) electrons. The zero-order chi connectivity index (χ0) is 18.5. The molecule has 0 atom stereocenters. The molecule has 0 saturated carbocycles. The molecule has 5 heteroatoms. The molecular weight excluding hydrogens is 314 g/mol. The molecule has 0 aliphatic rings. The molecule has 25 heavy (non-hydrogen) atoms. The Balaban J connectivity index is 2.50. The number of hydrogen-bond acceptors (Lipinski definition) is 3. The van der Waals surface area contributed by atoms with Gasteiger partial charge in [-0.1, -0.05) is 26.0 Å². The van der Waals surface area contributed by atoms with Crippen LogP contribution in [0.4, 0.5) is 0 Å². The summed E-state index contributed by atoms with van der Waals surface area (Å²) in [5.41, 5.74) is 1.31. The monoisotopic (exact) mass is 349 g/mol. The topological polar surface area (TPSA) is 76.9 Å². The van der Waals surface area contributed by atoms with E-state index < -0.39 is 0 Å². The van der Waals surface area contributed by atoms with E-state index in [4.69, 9.17) is 4.99 Å². The van der Waals surface area contributed by atoms with E-state index in [1.807, 2.05) is 12.1 Å². The normalized spacial score (nSPS) is 12.2. The van der Waals surface area contributed by atoms with Crippen molar-refractivity contribution in [1.29, 1.82) is 0 Å². The molecule has 0 aromatic heterocycles. The third-order valence-corrected chi connectivity index (χ3v) is 4.93. The van der Waals surface area contributed by atoms with Crippen LogP contribution in [-0.2, 0) is 6.42 Å². The summed E-state index contributed by atoms with van der Waals surface area (Å²) in [4.78, 5) is 4.75. The van der Waals surface area contributed by atoms with E-state index >= 15 is 0 Å². The summed E-state index contributed by atoms with van der Waals surface area (Å²) in [6.07, 6.45) is 4.80. The van der Waals surface area contributed by atoms with Crippen molar-refractivity contribution in [1.82, 2.24) is 10.6 Å². The lowest BCUT2D eigenvalue weighted by atomic mass is 9.79. The van der Waals surface area contributed by atoms with Crippen molar-refractivity contribution < 1.29 is 10.2 Å². The largest absolute Gasteiger partial charge is 0.508 e. The van der Waals surface area contributed by atoms with Crippen LogP contribution < -0.4 is 10.6 Å². The molecule has 0 spiro atoms. The van der Waals surface area contributed by atoms with Gasteiger partial charge in [0, 0.05) is 26.2 Å². The Hall–Kier alpha value is -1.75. The summed E-state index contributed by atoms with van der Waals surface area (Å²) in [6, 6.07) is 7.37. The van der Waals surface area contributed by atoms with Gasteiger partial charge in [0.05, 0.1) is 0 Å². The molecule has 0 aliphatic carbocycles. The van der Waals surface area contributed by atoms with Crippen LogP contribution in [0.25, 0.3) is 0 Å². The van der Waals surface area contributed by atoms with Crippen LogP contribution in [0, 0.1) is 5.41 Å². The molecule has 0 bridgehead atoms. The standard InChI is InChI=1S/C20H35N3O2/c1-4-20(5-2,13-15-24)16-23-19(21-6-3)22-14-7-8-17-9-11-18(25)12-10-17/h9-12,24-25H,4-8,13-16H2,1-3H3,(H2,21,22,23). The first-order chi connectivity index (χ1) is 12.1. The Labute approximate surface area is 152 Å². The summed E-state index contributed by atoms with van der Waals surface area (Å²) in [5, 5.41) is 25.3. The Morgan fingerprint density at radius 1 is 1.08 bits per heavy atom. The second kappa shape index (κ2) is 11.7. The molecule has 0 fully saturated rings. The smallest absolute Gasteiger partial charge is 0.191 e. The molecule has 0 saturated heterocycles. The molecule has 5 nitrogen and oxygen atoms in total. The Morgan fingerprint density at radius 3 is 2.32 bits per heavy atom. The van der Waals surface area contributed by atoms with Crippen molar-refractivity contribution in [3.8, 4) is 5.75 Å². The van der Waals surface area contributed by atoms with Crippen molar-refractivity contribution in [2.45, 2.75) is 52.9 Å². The number of aryl methyl sites for hydroxylation is 1. The molecule has 0 unspecified atom stereocenters. The minimum Gasteiger partial charge on any atom is -0.508 e. The summed E-state index contributed by atoms with van der Waals surface area (Å²) < 4.78 is 0. The van der Waals surface area contributed by atoms with Crippen LogP contribution >= 0.6 is 0 Å². The minimum atomic E-state index is 0.0865. The van der Waals surface area contributed by atoms with Crippen LogP contribution in [0.3, 0.4) is 0 Å². The molecule has 0 heterocycles. The van der Waals surface area contributed by atoms with Crippen LogP contribution in [-0.4, -0.2) is 42.4 Å². The predicted octanol–water partition coefficient (Wildman–Crippen LogP) is 3.07. The van der Waals surface area contributed by atoms with Gasteiger partial charge in [-0.25, -0.2) is 0 Å². The highest BCUT2D eigenvalue weighted by Crippen LogP contribution is 2.30. The molecular formula is C20H35N3O2. The number of phenolic OH excluding ortho intramolecular Hbond substituents is 1. The number of nitrogens with one attached hydrogen (secondary N) is 2. The van der Waals surface area contributed by atoms with Gasteiger partial charge in [0.25, 0.3) is 0 Å². The molecule has 1 rings (SSSR count). The third-order valence-electron chi connectivity index (χ3n) is 4.93. The number of aliphatic hydroxyl groups is 1. The van der Waals surface area contributed by atoms with E-state index in [0.29, 0.717) is 5.75 Å². The van der Waals surface area contributed by atoms with Crippen molar-refractivity contribution >= 4 is 5.96 Å².